The zero-order chi connectivity index (χ0) is 20.5. The van der Waals surface area contributed by atoms with Gasteiger partial charge in [0.15, 0.2) is 0 Å². The summed E-state index contributed by atoms with van der Waals surface area (Å²) in [5.74, 6) is 0.223. The first-order valence-corrected chi connectivity index (χ1v) is 9.86. The number of anilines is 1. The minimum atomic E-state index is -4.54. The van der Waals surface area contributed by atoms with E-state index in [4.69, 9.17) is 4.74 Å². The molecule has 3 nitrogen and oxygen atoms in total. The smallest absolute Gasteiger partial charge is 0.415 e. The summed E-state index contributed by atoms with van der Waals surface area (Å²) < 4.78 is 46.8. The van der Waals surface area contributed by atoms with Gasteiger partial charge in [0.25, 0.3) is 0 Å². The summed E-state index contributed by atoms with van der Waals surface area (Å²) >= 11 is 3.38. The van der Waals surface area contributed by atoms with Gasteiger partial charge in [0.2, 0.25) is 0 Å². The van der Waals surface area contributed by atoms with Gasteiger partial charge in [-0.2, -0.15) is 13.2 Å². The lowest BCUT2D eigenvalue weighted by molar-refractivity contribution is -0.150. The molecule has 150 valence electrons. The maximum absolute atomic E-state index is 13.7. The van der Waals surface area contributed by atoms with Crippen molar-refractivity contribution in [3.8, 4) is 0 Å². The van der Waals surface area contributed by atoms with Crippen molar-refractivity contribution in [2.24, 2.45) is 0 Å². The predicted octanol–water partition coefficient (Wildman–Crippen LogP) is 6.59. The largest absolute Gasteiger partial charge is 0.444 e. The van der Waals surface area contributed by atoms with E-state index in [9.17, 15) is 18.0 Å². The van der Waals surface area contributed by atoms with Gasteiger partial charge in [0.1, 0.15) is 12.6 Å². The minimum absolute atomic E-state index is 0.0855. The van der Waals surface area contributed by atoms with Crippen molar-refractivity contribution in [2.75, 3.05) is 4.90 Å². The number of ether oxygens (including phenoxy) is 1. The van der Waals surface area contributed by atoms with Gasteiger partial charge in [-0.25, -0.2) is 4.79 Å². The summed E-state index contributed by atoms with van der Waals surface area (Å²) in [6.45, 7) is 3.95. The van der Waals surface area contributed by atoms with Crippen LogP contribution in [0.5, 0.6) is 0 Å². The second-order valence-electron chi connectivity index (χ2n) is 7.17. The molecule has 1 heterocycles. The molecule has 0 aliphatic carbocycles. The van der Waals surface area contributed by atoms with Crippen molar-refractivity contribution in [2.45, 2.75) is 51.4 Å². The first-order chi connectivity index (χ1) is 13.2. The number of carbonyl (C=O) groups excluding carboxylic acids is 1. The highest BCUT2D eigenvalue weighted by Gasteiger charge is 2.49. The third kappa shape index (κ3) is 4.35. The van der Waals surface area contributed by atoms with Crippen LogP contribution in [-0.2, 0) is 17.8 Å². The molecule has 2 aromatic carbocycles. The lowest BCUT2D eigenvalue weighted by Gasteiger charge is -2.38. The summed E-state index contributed by atoms with van der Waals surface area (Å²) in [5, 5.41) is 0. The molecule has 0 bridgehead atoms. The van der Waals surface area contributed by atoms with Crippen LogP contribution in [0.3, 0.4) is 0 Å². The van der Waals surface area contributed by atoms with Crippen LogP contribution in [0, 0.1) is 0 Å². The molecule has 0 saturated heterocycles. The second kappa shape index (κ2) is 8.15. The van der Waals surface area contributed by atoms with E-state index in [0.717, 1.165) is 16.0 Å². The van der Waals surface area contributed by atoms with Gasteiger partial charge in [0.05, 0.1) is 5.69 Å². The average Bonchev–Trinajstić information content (AvgIpc) is 2.65. The van der Waals surface area contributed by atoms with Crippen LogP contribution in [-0.4, -0.2) is 18.3 Å². The number of hydrogen-bond acceptors (Lipinski definition) is 2. The highest BCUT2D eigenvalue weighted by Crippen LogP contribution is 2.43. The van der Waals surface area contributed by atoms with Crippen LogP contribution in [0.15, 0.2) is 46.9 Å². The molecule has 0 radical (unpaired) electrons. The maximum Gasteiger partial charge on any atom is 0.415 e. The summed E-state index contributed by atoms with van der Waals surface area (Å²) in [7, 11) is 0. The number of halogens is 4. The summed E-state index contributed by atoms with van der Waals surface area (Å²) in [6, 6.07) is 10.6. The quantitative estimate of drug-likeness (QED) is 0.522. The second-order valence-corrected chi connectivity index (χ2v) is 8.03. The molecule has 1 atom stereocenters. The van der Waals surface area contributed by atoms with E-state index >= 15 is 0 Å². The number of alkyl halides is 3. The molecular formula is C21H21BrF3NO2. The average molecular weight is 456 g/mol. The molecule has 0 N–H and O–H groups in total. The topological polar surface area (TPSA) is 29.5 Å². The number of amides is 1. The number of aryl methyl sites for hydroxylation is 1. The number of benzene rings is 2. The third-order valence-corrected chi connectivity index (χ3v) is 5.46. The summed E-state index contributed by atoms with van der Waals surface area (Å²) in [4.78, 5) is 13.5. The maximum atomic E-state index is 13.7. The fraction of sp³-hybridized carbons (Fsp3) is 0.381. The van der Waals surface area contributed by atoms with E-state index in [1.54, 1.807) is 30.3 Å². The van der Waals surface area contributed by atoms with Crippen molar-refractivity contribution in [3.63, 3.8) is 0 Å². The Morgan fingerprint density at radius 2 is 1.93 bits per heavy atom. The Balaban J connectivity index is 1.96. The molecule has 0 saturated carbocycles. The Labute approximate surface area is 170 Å². The Morgan fingerprint density at radius 3 is 2.54 bits per heavy atom. The Morgan fingerprint density at radius 1 is 1.25 bits per heavy atom. The molecular weight excluding hydrogens is 435 g/mol. The monoisotopic (exact) mass is 455 g/mol. The predicted molar refractivity (Wildman–Crippen MR) is 106 cm³/mol. The lowest BCUT2D eigenvalue weighted by atomic mass is 9.91. The zero-order valence-electron chi connectivity index (χ0n) is 15.6. The van der Waals surface area contributed by atoms with E-state index in [-0.39, 0.29) is 31.1 Å². The Hall–Kier alpha value is -2.02. The summed E-state index contributed by atoms with van der Waals surface area (Å²) in [5.41, 5.74) is 2.69. The van der Waals surface area contributed by atoms with Crippen molar-refractivity contribution in [3.05, 3.63) is 63.6 Å². The molecule has 28 heavy (non-hydrogen) atoms. The van der Waals surface area contributed by atoms with E-state index in [2.05, 4.69) is 15.9 Å². The fourth-order valence-corrected chi connectivity index (χ4v) is 4.08. The van der Waals surface area contributed by atoms with E-state index in [0.29, 0.717) is 10.0 Å². The zero-order valence-corrected chi connectivity index (χ0v) is 17.2. The molecule has 1 aliphatic rings. The van der Waals surface area contributed by atoms with Gasteiger partial charge in [-0.05, 0) is 57.4 Å². The van der Waals surface area contributed by atoms with Gasteiger partial charge in [-0.1, -0.05) is 50.2 Å². The van der Waals surface area contributed by atoms with Crippen molar-refractivity contribution < 1.29 is 22.7 Å². The van der Waals surface area contributed by atoms with Crippen molar-refractivity contribution in [1.82, 2.24) is 0 Å². The fourth-order valence-electron chi connectivity index (χ4n) is 3.37. The first-order valence-electron chi connectivity index (χ1n) is 9.07. The molecule has 1 unspecified atom stereocenters. The highest BCUT2D eigenvalue weighted by molar-refractivity contribution is 9.10. The minimum Gasteiger partial charge on any atom is -0.444 e. The van der Waals surface area contributed by atoms with Crippen LogP contribution in [0.4, 0.5) is 23.7 Å². The van der Waals surface area contributed by atoms with Gasteiger partial charge >= 0.3 is 12.3 Å². The van der Waals surface area contributed by atoms with Crippen LogP contribution in [0.1, 0.15) is 42.9 Å². The van der Waals surface area contributed by atoms with E-state index in [1.165, 1.54) is 0 Å². The summed E-state index contributed by atoms with van der Waals surface area (Å²) in [6.07, 6.45) is -5.48. The SMILES string of the molecule is CC(C)c1cc(Br)c2c(c1)CCC(C(F)(F)F)N2C(=O)OCc1ccccc1. The van der Waals surface area contributed by atoms with Crippen LogP contribution < -0.4 is 4.90 Å². The molecule has 1 aliphatic heterocycles. The standard InChI is InChI=1S/C21H21BrF3NO2/c1-13(2)16-10-15-8-9-18(21(23,24)25)26(19(15)17(22)11-16)20(27)28-12-14-6-4-3-5-7-14/h3-7,10-11,13,18H,8-9,12H2,1-2H3. The van der Waals surface area contributed by atoms with Crippen LogP contribution >= 0.6 is 15.9 Å². The molecule has 0 fully saturated rings. The Kier molecular flexibility index (Phi) is 6.03. The molecule has 0 aromatic heterocycles. The third-order valence-electron chi connectivity index (χ3n) is 4.85. The van der Waals surface area contributed by atoms with Gasteiger partial charge < -0.3 is 4.74 Å². The molecule has 7 heteroatoms. The Bertz CT molecular complexity index is 853. The van der Waals surface area contributed by atoms with E-state index < -0.39 is 18.3 Å². The van der Waals surface area contributed by atoms with Gasteiger partial charge in [0, 0.05) is 4.47 Å². The first kappa shape index (κ1) is 20.7. The number of hydrogen-bond donors (Lipinski definition) is 0. The number of rotatable bonds is 3. The number of fused-ring (bicyclic) bond motifs is 1. The van der Waals surface area contributed by atoms with Gasteiger partial charge in [-0.15, -0.1) is 0 Å². The van der Waals surface area contributed by atoms with Crippen molar-refractivity contribution in [1.29, 1.82) is 0 Å². The number of nitrogens with zero attached hydrogens (tertiary/aromatic N) is 1. The van der Waals surface area contributed by atoms with Crippen molar-refractivity contribution >= 4 is 27.7 Å². The van der Waals surface area contributed by atoms with Gasteiger partial charge in [-0.3, -0.25) is 4.90 Å². The van der Waals surface area contributed by atoms with Crippen LogP contribution in [0.25, 0.3) is 0 Å². The highest BCUT2D eigenvalue weighted by atomic mass is 79.9. The van der Waals surface area contributed by atoms with Crippen LogP contribution in [0.2, 0.25) is 0 Å². The molecule has 0 spiro atoms. The normalized spacial score (nSPS) is 16.8. The molecule has 1 amide bonds. The van der Waals surface area contributed by atoms with E-state index in [1.807, 2.05) is 26.0 Å². The molecule has 2 aromatic rings. The molecule has 3 rings (SSSR count). The lowest BCUT2D eigenvalue weighted by Crippen LogP contribution is -2.52. The number of carbonyl (C=O) groups is 1.